The molecule has 0 unspecified atom stereocenters. The number of carbonyl (C=O) groups excluding carboxylic acids is 2. The van der Waals surface area contributed by atoms with E-state index in [1.807, 2.05) is 30.3 Å². The van der Waals surface area contributed by atoms with Gasteiger partial charge >= 0.3 is 5.97 Å². The van der Waals surface area contributed by atoms with Gasteiger partial charge in [0.15, 0.2) is 11.6 Å². The smallest absolute Gasteiger partial charge is 0.335 e. The van der Waals surface area contributed by atoms with E-state index in [0.717, 1.165) is 40.9 Å². The van der Waals surface area contributed by atoms with E-state index in [4.69, 9.17) is 21.4 Å². The molecule has 0 amide bonds. The summed E-state index contributed by atoms with van der Waals surface area (Å²) < 4.78 is 6.01. The summed E-state index contributed by atoms with van der Waals surface area (Å²) in [5.74, 6) is -0.850. The largest absolute Gasteiger partial charge is 0.487 e. The van der Waals surface area contributed by atoms with Gasteiger partial charge in [-0.2, -0.15) is 0 Å². The maximum atomic E-state index is 14.1. The lowest BCUT2D eigenvalue weighted by Crippen LogP contribution is -2.44. The lowest BCUT2D eigenvalue weighted by molar-refractivity contribution is -0.119. The molecule has 0 atom stereocenters. The predicted octanol–water partition coefficient (Wildman–Crippen LogP) is 8.50. The van der Waals surface area contributed by atoms with Crippen LogP contribution in [0.4, 0.5) is 0 Å². The van der Waals surface area contributed by atoms with Crippen molar-refractivity contribution in [2.75, 3.05) is 0 Å². The molecule has 0 bridgehead atoms. The molecule has 1 N–H and O–H groups in total. The molecule has 3 aromatic carbocycles. The molecule has 6 nitrogen and oxygen atoms in total. The highest BCUT2D eigenvalue weighted by Gasteiger charge is 2.49. The molecular weight excluding hydrogens is 586 g/mol. The first-order valence-corrected chi connectivity index (χ1v) is 15.8. The SMILES string of the molecule is CC1(C)CC(=O)C2=C(C1)N(Cc1ccccc1)C1=C(C(=O)CC(C)(C)C1)C2c1ccc(OCc2ccc(C(=O)O)cc2)c(Cl)c1. The maximum Gasteiger partial charge on any atom is 0.335 e. The van der Waals surface area contributed by atoms with Crippen LogP contribution in [0, 0.1) is 10.8 Å². The summed E-state index contributed by atoms with van der Waals surface area (Å²) in [6, 6.07) is 22.3. The molecule has 232 valence electrons. The van der Waals surface area contributed by atoms with Crippen LogP contribution in [0.25, 0.3) is 0 Å². The Morgan fingerprint density at radius 2 is 1.40 bits per heavy atom. The Hall–Kier alpha value is -4.16. The van der Waals surface area contributed by atoms with Gasteiger partial charge in [0.2, 0.25) is 0 Å². The quantitative estimate of drug-likeness (QED) is 0.284. The zero-order valence-electron chi connectivity index (χ0n) is 26.2. The van der Waals surface area contributed by atoms with Crippen LogP contribution in [0.2, 0.25) is 5.02 Å². The van der Waals surface area contributed by atoms with Crippen LogP contribution in [-0.4, -0.2) is 27.5 Å². The highest BCUT2D eigenvalue weighted by Crippen LogP contribution is 2.55. The van der Waals surface area contributed by atoms with Gasteiger partial charge in [-0.05, 0) is 64.6 Å². The first-order valence-electron chi connectivity index (χ1n) is 15.4. The van der Waals surface area contributed by atoms with Gasteiger partial charge in [-0.3, -0.25) is 9.59 Å². The number of ketones is 2. The summed E-state index contributed by atoms with van der Waals surface area (Å²) in [5.41, 5.74) is 5.97. The number of hydrogen-bond acceptors (Lipinski definition) is 5. The van der Waals surface area contributed by atoms with Gasteiger partial charge in [-0.25, -0.2) is 4.79 Å². The van der Waals surface area contributed by atoms with Crippen LogP contribution in [0.3, 0.4) is 0 Å². The highest BCUT2D eigenvalue weighted by molar-refractivity contribution is 6.32. The molecule has 0 radical (unpaired) electrons. The Morgan fingerprint density at radius 1 is 0.822 bits per heavy atom. The van der Waals surface area contributed by atoms with Gasteiger partial charge < -0.3 is 14.7 Å². The predicted molar refractivity (Wildman–Crippen MR) is 174 cm³/mol. The van der Waals surface area contributed by atoms with E-state index in [1.165, 1.54) is 12.1 Å². The molecule has 1 heterocycles. The summed E-state index contributed by atoms with van der Waals surface area (Å²) in [5, 5.41) is 9.55. The van der Waals surface area contributed by atoms with Crippen molar-refractivity contribution < 1.29 is 24.2 Å². The van der Waals surface area contributed by atoms with Crippen molar-refractivity contribution in [3.8, 4) is 5.75 Å². The minimum atomic E-state index is -0.983. The topological polar surface area (TPSA) is 83.9 Å². The molecule has 0 fully saturated rings. The summed E-state index contributed by atoms with van der Waals surface area (Å²) in [4.78, 5) is 41.7. The van der Waals surface area contributed by atoms with Crippen LogP contribution < -0.4 is 4.74 Å². The number of rotatable bonds is 7. The Balaban J connectivity index is 1.41. The van der Waals surface area contributed by atoms with Gasteiger partial charge in [-0.15, -0.1) is 0 Å². The van der Waals surface area contributed by atoms with Crippen molar-refractivity contribution >= 4 is 29.1 Å². The Morgan fingerprint density at radius 3 is 1.93 bits per heavy atom. The Kier molecular flexibility index (Phi) is 7.98. The molecule has 0 saturated carbocycles. The fraction of sp³-hybridized carbons (Fsp3) is 0.342. The molecule has 45 heavy (non-hydrogen) atoms. The normalized spacial score (nSPS) is 19.4. The van der Waals surface area contributed by atoms with E-state index in [1.54, 1.807) is 18.2 Å². The van der Waals surface area contributed by atoms with Crippen molar-refractivity contribution in [1.29, 1.82) is 0 Å². The molecule has 2 aliphatic carbocycles. The summed E-state index contributed by atoms with van der Waals surface area (Å²) in [7, 11) is 0. The highest BCUT2D eigenvalue weighted by atomic mass is 35.5. The van der Waals surface area contributed by atoms with Crippen molar-refractivity contribution in [1.82, 2.24) is 4.90 Å². The lowest BCUT2D eigenvalue weighted by atomic mass is 9.63. The number of nitrogens with zero attached hydrogens (tertiary/aromatic N) is 1. The molecule has 6 rings (SSSR count). The summed E-state index contributed by atoms with van der Waals surface area (Å²) >= 11 is 6.82. The molecule has 1 aliphatic heterocycles. The first-order chi connectivity index (χ1) is 21.3. The monoisotopic (exact) mass is 623 g/mol. The first kappa shape index (κ1) is 30.8. The zero-order chi connectivity index (χ0) is 32.1. The average Bonchev–Trinajstić information content (AvgIpc) is 2.97. The second-order valence-electron chi connectivity index (χ2n) is 14.1. The number of ether oxygens (including phenoxy) is 1. The van der Waals surface area contributed by atoms with Crippen LogP contribution in [0.5, 0.6) is 5.75 Å². The molecule has 0 spiro atoms. The number of halogens is 1. The minimum absolute atomic E-state index is 0.0785. The zero-order valence-corrected chi connectivity index (χ0v) is 26.9. The fourth-order valence-corrected chi connectivity index (χ4v) is 7.30. The van der Waals surface area contributed by atoms with Crippen LogP contribution >= 0.6 is 11.6 Å². The van der Waals surface area contributed by atoms with Crippen molar-refractivity contribution in [2.24, 2.45) is 10.8 Å². The van der Waals surface area contributed by atoms with E-state index < -0.39 is 11.9 Å². The van der Waals surface area contributed by atoms with Crippen molar-refractivity contribution in [2.45, 2.75) is 72.4 Å². The van der Waals surface area contributed by atoms with Gasteiger partial charge in [-0.1, -0.05) is 87.8 Å². The number of carboxylic acids is 1. The van der Waals surface area contributed by atoms with E-state index in [0.29, 0.717) is 41.3 Å². The van der Waals surface area contributed by atoms with Crippen molar-refractivity contribution in [3.63, 3.8) is 0 Å². The van der Waals surface area contributed by atoms with Gasteiger partial charge in [0.25, 0.3) is 0 Å². The Labute approximate surface area is 269 Å². The Bertz CT molecular complexity index is 1700. The number of aromatic carboxylic acids is 1. The van der Waals surface area contributed by atoms with Crippen LogP contribution in [0.15, 0.2) is 95.3 Å². The summed E-state index contributed by atoms with van der Waals surface area (Å²) in [6.07, 6.45) is 2.30. The molecule has 0 saturated heterocycles. The summed E-state index contributed by atoms with van der Waals surface area (Å²) in [6.45, 7) is 9.37. The molecule has 3 aliphatic rings. The maximum absolute atomic E-state index is 14.1. The second kappa shape index (κ2) is 11.6. The fourth-order valence-electron chi connectivity index (χ4n) is 7.06. The lowest BCUT2D eigenvalue weighted by Gasteiger charge is -2.49. The van der Waals surface area contributed by atoms with Crippen LogP contribution in [-0.2, 0) is 22.7 Å². The number of carboxylic acid groups (broad SMARTS) is 1. The van der Waals surface area contributed by atoms with Gasteiger partial charge in [0.1, 0.15) is 12.4 Å². The standard InChI is InChI=1S/C38H38ClNO5/c1-37(2)17-28-34(30(41)19-37)33(26-14-15-32(27(39)16-26)45-22-24-10-12-25(13-11-24)36(43)44)35-29(18-38(3,4)20-31(35)42)40(28)21-23-8-6-5-7-9-23/h5-16,33H,17-22H2,1-4H3,(H,43,44). The van der Waals surface area contributed by atoms with Crippen molar-refractivity contribution in [3.05, 3.63) is 123 Å². The number of allylic oxidation sites excluding steroid dienone is 4. The third-order valence-electron chi connectivity index (χ3n) is 9.09. The van der Waals surface area contributed by atoms with E-state index in [2.05, 4.69) is 44.7 Å². The minimum Gasteiger partial charge on any atom is -0.487 e. The van der Waals surface area contributed by atoms with E-state index in [-0.39, 0.29) is 34.6 Å². The third-order valence-corrected chi connectivity index (χ3v) is 9.39. The number of Topliss-reactive ketones (excluding diaryl/α,β-unsaturated/α-hetero) is 2. The number of benzene rings is 3. The van der Waals surface area contributed by atoms with E-state index in [9.17, 15) is 14.4 Å². The number of hydrogen-bond donors (Lipinski definition) is 1. The van der Waals surface area contributed by atoms with Gasteiger partial charge in [0.05, 0.1) is 10.6 Å². The van der Waals surface area contributed by atoms with Gasteiger partial charge in [0, 0.05) is 47.8 Å². The average molecular weight is 624 g/mol. The van der Waals surface area contributed by atoms with E-state index >= 15 is 0 Å². The number of carbonyl (C=O) groups is 3. The molecule has 3 aromatic rings. The van der Waals surface area contributed by atoms with Crippen LogP contribution in [0.1, 0.15) is 86.3 Å². The second-order valence-corrected chi connectivity index (χ2v) is 14.5. The molecular formula is C38H38ClNO5. The third kappa shape index (κ3) is 6.21. The molecule has 7 heteroatoms. The molecule has 0 aromatic heterocycles.